The number of amides is 1. The Kier molecular flexibility index (Phi) is 5.20. The van der Waals surface area contributed by atoms with Crippen LogP contribution in [0.3, 0.4) is 0 Å². The second-order valence-electron chi connectivity index (χ2n) is 8.29. The third-order valence-corrected chi connectivity index (χ3v) is 7.57. The minimum absolute atomic E-state index is 0.125. The van der Waals surface area contributed by atoms with Gasteiger partial charge in [0, 0.05) is 38.1 Å². The molecule has 2 aromatic rings. The minimum atomic E-state index is 0.125. The van der Waals surface area contributed by atoms with Crippen molar-refractivity contribution >= 4 is 17.2 Å². The Morgan fingerprint density at radius 3 is 2.86 bits per heavy atom. The highest BCUT2D eigenvalue weighted by atomic mass is 32.1. The molecule has 0 spiro atoms. The number of fused-ring (bicyclic) bond motifs is 2. The zero-order chi connectivity index (χ0) is 18.9. The molecule has 1 aliphatic carbocycles. The second-order valence-corrected chi connectivity index (χ2v) is 9.17. The maximum absolute atomic E-state index is 12.9. The maximum Gasteiger partial charge on any atom is 0.261 e. The Morgan fingerprint density at radius 1 is 1.11 bits per heavy atom. The number of carbonyl (C=O) groups is 1. The van der Waals surface area contributed by atoms with Gasteiger partial charge in [-0.05, 0) is 67.9 Å². The van der Waals surface area contributed by atoms with Crippen LogP contribution < -0.4 is 5.32 Å². The number of carbonyl (C=O) groups excluding carboxylic acids is 1. The first-order chi connectivity index (χ1) is 13.8. The summed E-state index contributed by atoms with van der Waals surface area (Å²) in [6, 6.07) is 0.207. The van der Waals surface area contributed by atoms with Crippen LogP contribution in [0, 0.1) is 0 Å². The summed E-state index contributed by atoms with van der Waals surface area (Å²) >= 11 is 1.63. The molecule has 3 aliphatic rings. The predicted octanol–water partition coefficient (Wildman–Crippen LogP) is 3.25. The first-order valence-electron chi connectivity index (χ1n) is 10.7. The van der Waals surface area contributed by atoms with Crippen molar-refractivity contribution in [3.05, 3.63) is 33.0 Å². The van der Waals surface area contributed by atoms with E-state index in [-0.39, 0.29) is 11.9 Å². The molecule has 150 valence electrons. The fourth-order valence-corrected chi connectivity index (χ4v) is 5.93. The Hall–Kier alpha value is -1.73. The zero-order valence-electron chi connectivity index (χ0n) is 16.3. The van der Waals surface area contributed by atoms with Crippen LogP contribution in [0.2, 0.25) is 0 Å². The van der Waals surface area contributed by atoms with Gasteiger partial charge < -0.3 is 14.6 Å². The van der Waals surface area contributed by atoms with E-state index < -0.39 is 0 Å². The number of nitrogens with zero attached hydrogens (tertiary/aromatic N) is 3. The summed E-state index contributed by atoms with van der Waals surface area (Å²) in [6.45, 7) is 2.52. The van der Waals surface area contributed by atoms with E-state index in [2.05, 4.69) is 25.5 Å². The van der Waals surface area contributed by atoms with Gasteiger partial charge in [0.1, 0.15) is 11.6 Å². The largest absolute Gasteiger partial charge is 0.381 e. The quantitative estimate of drug-likeness (QED) is 0.859. The van der Waals surface area contributed by atoms with Crippen LogP contribution in [-0.2, 0) is 30.5 Å². The van der Waals surface area contributed by atoms with Crippen molar-refractivity contribution in [2.75, 3.05) is 13.2 Å². The molecule has 0 saturated carbocycles. The maximum atomic E-state index is 12.9. The fraction of sp³-hybridized carbons (Fsp3) is 0.667. The van der Waals surface area contributed by atoms with Crippen molar-refractivity contribution in [1.82, 2.24) is 20.1 Å². The van der Waals surface area contributed by atoms with Gasteiger partial charge in [0.2, 0.25) is 0 Å². The number of hydrogen-bond acceptors (Lipinski definition) is 5. The number of thiophene rings is 1. The molecule has 0 radical (unpaired) electrons. The lowest BCUT2D eigenvalue weighted by molar-refractivity contribution is 0.0826. The van der Waals surface area contributed by atoms with Crippen molar-refractivity contribution in [2.45, 2.75) is 76.3 Å². The van der Waals surface area contributed by atoms with Crippen molar-refractivity contribution < 1.29 is 9.53 Å². The third kappa shape index (κ3) is 3.50. The molecule has 1 unspecified atom stereocenters. The third-order valence-electron chi connectivity index (χ3n) is 6.51. The van der Waals surface area contributed by atoms with Crippen molar-refractivity contribution in [3.8, 4) is 0 Å². The summed E-state index contributed by atoms with van der Waals surface area (Å²) in [5.41, 5.74) is 2.70. The normalized spacial score (nSPS) is 22.9. The molecule has 1 amide bonds. The number of ether oxygens (including phenoxy) is 1. The van der Waals surface area contributed by atoms with Crippen molar-refractivity contribution in [2.24, 2.45) is 0 Å². The average Bonchev–Trinajstić information content (AvgIpc) is 3.30. The van der Waals surface area contributed by atoms with Gasteiger partial charge in [-0.1, -0.05) is 0 Å². The van der Waals surface area contributed by atoms with Gasteiger partial charge >= 0.3 is 0 Å². The van der Waals surface area contributed by atoms with Gasteiger partial charge in [0.25, 0.3) is 5.91 Å². The number of nitrogens with one attached hydrogen (secondary N) is 1. The van der Waals surface area contributed by atoms with E-state index in [0.29, 0.717) is 5.92 Å². The first kappa shape index (κ1) is 18.3. The minimum Gasteiger partial charge on any atom is -0.381 e. The smallest absolute Gasteiger partial charge is 0.261 e. The summed E-state index contributed by atoms with van der Waals surface area (Å²) in [6.07, 6.45) is 9.46. The van der Waals surface area contributed by atoms with Crippen LogP contribution in [0.1, 0.15) is 76.9 Å². The van der Waals surface area contributed by atoms with Crippen molar-refractivity contribution in [3.63, 3.8) is 0 Å². The van der Waals surface area contributed by atoms with E-state index in [0.717, 1.165) is 81.2 Å². The van der Waals surface area contributed by atoms with Crippen LogP contribution in [0.5, 0.6) is 0 Å². The van der Waals surface area contributed by atoms with E-state index in [4.69, 9.17) is 4.74 Å². The standard InChI is InChI=1S/C21H28N4O2S/c26-21(19-17-4-2-1-3-15(17)13-28-19)22-16-5-6-18-23-24-20(25(18)10-7-16)14-8-11-27-12-9-14/h13-14,16H,1-12H2,(H,22,26). The first-order valence-corrected chi connectivity index (χ1v) is 11.6. The summed E-state index contributed by atoms with van der Waals surface area (Å²) in [4.78, 5) is 13.9. The van der Waals surface area contributed by atoms with Gasteiger partial charge in [-0.25, -0.2) is 0 Å². The molecule has 28 heavy (non-hydrogen) atoms. The molecule has 2 aromatic heterocycles. The highest BCUT2D eigenvalue weighted by molar-refractivity contribution is 7.12. The molecule has 1 saturated heterocycles. The molecule has 5 rings (SSSR count). The Labute approximate surface area is 169 Å². The topological polar surface area (TPSA) is 69.0 Å². The number of aryl methyl sites for hydroxylation is 2. The van der Waals surface area contributed by atoms with E-state index >= 15 is 0 Å². The van der Waals surface area contributed by atoms with Gasteiger partial charge in [-0.3, -0.25) is 4.79 Å². The average molecular weight is 401 g/mol. The van der Waals surface area contributed by atoms with Gasteiger partial charge in [-0.15, -0.1) is 21.5 Å². The molecule has 4 heterocycles. The highest BCUT2D eigenvalue weighted by Crippen LogP contribution is 2.31. The van der Waals surface area contributed by atoms with E-state index in [1.807, 2.05) is 0 Å². The van der Waals surface area contributed by atoms with E-state index in [1.54, 1.807) is 11.3 Å². The number of rotatable bonds is 3. The molecule has 7 heteroatoms. The fourth-order valence-electron chi connectivity index (χ4n) is 4.87. The lowest BCUT2D eigenvalue weighted by Crippen LogP contribution is -2.35. The van der Waals surface area contributed by atoms with E-state index in [9.17, 15) is 4.79 Å². The summed E-state index contributed by atoms with van der Waals surface area (Å²) in [5.74, 6) is 2.78. The molecule has 1 N–H and O–H groups in total. The summed E-state index contributed by atoms with van der Waals surface area (Å²) in [5, 5.41) is 14.5. The summed E-state index contributed by atoms with van der Waals surface area (Å²) < 4.78 is 7.81. The van der Waals surface area contributed by atoms with Crippen LogP contribution in [0.25, 0.3) is 0 Å². The lowest BCUT2D eigenvalue weighted by atomic mass is 9.93. The van der Waals surface area contributed by atoms with Crippen molar-refractivity contribution in [1.29, 1.82) is 0 Å². The van der Waals surface area contributed by atoms with Gasteiger partial charge in [0.15, 0.2) is 0 Å². The molecule has 2 aliphatic heterocycles. The monoisotopic (exact) mass is 400 g/mol. The van der Waals surface area contributed by atoms with Crippen LogP contribution in [0.15, 0.2) is 5.38 Å². The molecule has 1 fully saturated rings. The zero-order valence-corrected chi connectivity index (χ0v) is 17.1. The lowest BCUT2D eigenvalue weighted by Gasteiger charge is -2.22. The molecule has 0 bridgehead atoms. The number of hydrogen-bond donors (Lipinski definition) is 1. The number of aromatic nitrogens is 3. The molecular formula is C21H28N4O2S. The Bertz CT molecular complexity index is 853. The molecule has 0 aromatic carbocycles. The van der Waals surface area contributed by atoms with Gasteiger partial charge in [-0.2, -0.15) is 0 Å². The Morgan fingerprint density at radius 2 is 1.96 bits per heavy atom. The SMILES string of the molecule is O=C(NC1CCc2nnc(C3CCOCC3)n2CC1)c1scc2c1CCCC2. The molecule has 1 atom stereocenters. The van der Waals surface area contributed by atoms with Gasteiger partial charge in [0.05, 0.1) is 4.88 Å². The van der Waals surface area contributed by atoms with E-state index in [1.165, 1.54) is 24.0 Å². The highest BCUT2D eigenvalue weighted by Gasteiger charge is 2.28. The van der Waals surface area contributed by atoms with Crippen LogP contribution in [0.4, 0.5) is 0 Å². The molecule has 6 nitrogen and oxygen atoms in total. The summed E-state index contributed by atoms with van der Waals surface area (Å²) in [7, 11) is 0. The second kappa shape index (κ2) is 7.95. The predicted molar refractivity (Wildman–Crippen MR) is 108 cm³/mol. The van der Waals surface area contributed by atoms with Crippen LogP contribution >= 0.6 is 11.3 Å². The molecular weight excluding hydrogens is 372 g/mol. The Balaban J connectivity index is 1.25. The van der Waals surface area contributed by atoms with Crippen LogP contribution in [-0.4, -0.2) is 39.9 Å².